The molecule has 5 unspecified atom stereocenters. The van der Waals surface area contributed by atoms with E-state index in [1.807, 2.05) is 142 Å². The number of hydrogen-bond acceptors (Lipinski definition) is 21. The van der Waals surface area contributed by atoms with Gasteiger partial charge in [-0.3, -0.25) is 29.3 Å². The van der Waals surface area contributed by atoms with Crippen LogP contribution in [0.5, 0.6) is 5.75 Å². The lowest BCUT2D eigenvalue weighted by atomic mass is 9.95. The van der Waals surface area contributed by atoms with Crippen LogP contribution in [-0.4, -0.2) is 172 Å². The number of piperazine rings is 3. The summed E-state index contributed by atoms with van der Waals surface area (Å²) in [6.07, 6.45) is 10.7. The summed E-state index contributed by atoms with van der Waals surface area (Å²) in [5.41, 5.74) is 5.79. The molecule has 3 aliphatic rings. The minimum Gasteiger partial charge on any atom is -0.507 e. The summed E-state index contributed by atoms with van der Waals surface area (Å²) in [5, 5.41) is 24.0. The molecule has 646 valence electrons. The number of anilines is 3. The Morgan fingerprint density at radius 1 is 0.544 bits per heavy atom. The van der Waals surface area contributed by atoms with E-state index < -0.39 is 57.6 Å². The molecule has 26 nitrogen and oxygen atoms in total. The number of halogens is 5. The third kappa shape index (κ3) is 17.5. The maximum absolute atomic E-state index is 16.0. The molecule has 2 aromatic carbocycles. The first-order valence-corrected chi connectivity index (χ1v) is 42.8. The van der Waals surface area contributed by atoms with E-state index >= 15 is 8.78 Å². The number of phenols is 1. The van der Waals surface area contributed by atoms with Crippen molar-refractivity contribution < 1.29 is 32.7 Å². The normalized spacial score (nSPS) is 16.7. The number of nitrogens with zero attached hydrogens (tertiary/aromatic N) is 19. The molecular weight excluding hydrogens is 1660 g/mol. The largest absolute Gasteiger partial charge is 0.507 e. The second-order valence-corrected chi connectivity index (χ2v) is 34.4. The molecule has 13 heterocycles. The van der Waals surface area contributed by atoms with Crippen molar-refractivity contribution in [1.82, 2.24) is 73.3 Å². The SMILES string of the molecule is C=CC(=O)N1CC(C)N(c2nc(=O)n(-c3c(C(C)C)cncc3C(C)C)c3nc(-c4c(O)cccc4F)c(F)cc23)CC1C.C=CC(=O)N1CC(C)N(c2nc(=O)n(-c3cccnc3C(C)C)c3nc(-c4sccc4C)c(Cl)cc23)CC1C.C=CC(=O)N1CCN(c2nc(=O)n(-c3c(C)ccnc3C(C)C)c3nc(-c4ccccc4F)c(Cl)cc23)CC1CC#N. The molecule has 0 aliphatic carbocycles. The molecule has 1 N–H and O–H groups in total. The van der Waals surface area contributed by atoms with Crippen LogP contribution in [0.2, 0.25) is 10.0 Å². The van der Waals surface area contributed by atoms with Gasteiger partial charge in [-0.05, 0) is 178 Å². The third-order valence-electron chi connectivity index (χ3n) is 22.8. The number of phenolic OH excluding ortho intramolecular Hbond substituents is 1. The Balaban J connectivity index is 0.000000161. The average Bonchev–Trinajstić information content (AvgIpc) is 1.52. The van der Waals surface area contributed by atoms with E-state index in [2.05, 4.69) is 65.6 Å². The number of amides is 3. The zero-order valence-corrected chi connectivity index (χ0v) is 74.2. The summed E-state index contributed by atoms with van der Waals surface area (Å²) in [4.78, 5) is 133. The quantitative estimate of drug-likeness (QED) is 0.0828. The minimum atomic E-state index is -0.893. The van der Waals surface area contributed by atoms with Crippen molar-refractivity contribution in [3.63, 3.8) is 0 Å². The summed E-state index contributed by atoms with van der Waals surface area (Å²) >= 11 is 15.2. The van der Waals surface area contributed by atoms with Gasteiger partial charge in [-0.25, -0.2) is 56.2 Å². The maximum atomic E-state index is 16.0. The summed E-state index contributed by atoms with van der Waals surface area (Å²) < 4.78 is 50.3. The molecular formula is C93H96Cl2F3N19O7S. The number of aromatic hydroxyl groups is 1. The van der Waals surface area contributed by atoms with E-state index in [-0.39, 0.29) is 117 Å². The fraction of sp³-hybridized carbons (Fsp3) is 0.333. The van der Waals surface area contributed by atoms with Crippen molar-refractivity contribution in [2.45, 2.75) is 157 Å². The number of carbonyl (C=O) groups is 3. The number of thiophene rings is 1. The van der Waals surface area contributed by atoms with Crippen LogP contribution >= 0.6 is 34.5 Å². The third-order valence-corrected chi connectivity index (χ3v) is 24.4. The van der Waals surface area contributed by atoms with Crippen LogP contribution in [0.3, 0.4) is 0 Å². The van der Waals surface area contributed by atoms with Crippen LogP contribution in [-0.2, 0) is 14.4 Å². The number of pyridine rings is 6. The highest BCUT2D eigenvalue weighted by atomic mass is 35.5. The molecule has 3 aliphatic heterocycles. The molecule has 0 radical (unpaired) electrons. The van der Waals surface area contributed by atoms with Gasteiger partial charge in [0.05, 0.1) is 89.3 Å². The van der Waals surface area contributed by atoms with Gasteiger partial charge in [0.1, 0.15) is 46.2 Å². The molecule has 0 saturated carbocycles. The van der Waals surface area contributed by atoms with Gasteiger partial charge < -0.3 is 34.5 Å². The number of aromatic nitrogens is 12. The highest BCUT2D eigenvalue weighted by Crippen LogP contribution is 2.43. The molecule has 5 atom stereocenters. The second kappa shape index (κ2) is 37.3. The number of fused-ring (bicyclic) bond motifs is 3. The number of hydrogen-bond donors (Lipinski definition) is 1. The fourth-order valence-electron chi connectivity index (χ4n) is 16.5. The van der Waals surface area contributed by atoms with Crippen LogP contribution in [0.4, 0.5) is 30.6 Å². The highest BCUT2D eigenvalue weighted by molar-refractivity contribution is 7.13. The monoisotopic (exact) mass is 1750 g/mol. The van der Waals surface area contributed by atoms with E-state index in [4.69, 9.17) is 33.2 Å². The Hall–Kier alpha value is -12.9. The Morgan fingerprint density at radius 2 is 1.06 bits per heavy atom. The summed E-state index contributed by atoms with van der Waals surface area (Å²) in [6.45, 7) is 41.0. The van der Waals surface area contributed by atoms with Crippen molar-refractivity contribution in [3.05, 3.63) is 246 Å². The van der Waals surface area contributed by atoms with Gasteiger partial charge in [0.15, 0.2) is 22.8 Å². The molecule has 0 spiro atoms. The van der Waals surface area contributed by atoms with E-state index in [0.29, 0.717) is 101 Å². The molecule has 15 rings (SSSR count). The first kappa shape index (κ1) is 89.9. The first-order chi connectivity index (χ1) is 59.6. The molecule has 10 aromatic heterocycles. The van der Waals surface area contributed by atoms with Gasteiger partial charge in [-0.15, -0.1) is 11.3 Å². The number of rotatable bonds is 17. The summed E-state index contributed by atoms with van der Waals surface area (Å²) in [6, 6.07) is 23.0. The van der Waals surface area contributed by atoms with Crippen LogP contribution in [0.1, 0.15) is 147 Å². The van der Waals surface area contributed by atoms with Crippen LogP contribution in [0, 0.1) is 42.6 Å². The number of nitriles is 1. The lowest BCUT2D eigenvalue weighted by Crippen LogP contribution is -2.58. The Morgan fingerprint density at radius 3 is 1.61 bits per heavy atom. The van der Waals surface area contributed by atoms with Crippen molar-refractivity contribution >= 4 is 103 Å². The van der Waals surface area contributed by atoms with E-state index in [1.54, 1.807) is 79.7 Å². The lowest BCUT2D eigenvalue weighted by molar-refractivity contribution is -0.129. The molecule has 3 saturated heterocycles. The molecule has 0 bridgehead atoms. The van der Waals surface area contributed by atoms with Gasteiger partial charge in [0, 0.05) is 100 Å². The summed E-state index contributed by atoms with van der Waals surface area (Å²) in [7, 11) is 0. The Kier molecular flexibility index (Phi) is 26.8. The second-order valence-electron chi connectivity index (χ2n) is 32.6. The van der Waals surface area contributed by atoms with Crippen molar-refractivity contribution in [1.29, 1.82) is 5.26 Å². The topological polar surface area (TPSA) is 297 Å². The highest BCUT2D eigenvalue weighted by Gasteiger charge is 2.39. The van der Waals surface area contributed by atoms with E-state index in [0.717, 1.165) is 38.9 Å². The minimum absolute atomic E-state index is 0.0259. The Bertz CT molecular complexity index is 6480. The van der Waals surface area contributed by atoms with Gasteiger partial charge >= 0.3 is 17.1 Å². The first-order valence-electron chi connectivity index (χ1n) is 41.1. The average molecular weight is 1750 g/mol. The number of carbonyl (C=O) groups excluding carboxylic acids is 3. The predicted octanol–water partition coefficient (Wildman–Crippen LogP) is 16.5. The number of aryl methyl sites for hydroxylation is 2. The lowest BCUT2D eigenvalue weighted by Gasteiger charge is -2.44. The van der Waals surface area contributed by atoms with E-state index in [1.165, 1.54) is 51.6 Å². The molecule has 3 amide bonds. The molecule has 3 fully saturated rings. The van der Waals surface area contributed by atoms with Gasteiger partial charge in [-0.2, -0.15) is 20.2 Å². The van der Waals surface area contributed by atoms with Crippen molar-refractivity contribution in [2.24, 2.45) is 0 Å². The smallest absolute Gasteiger partial charge is 0.355 e. The van der Waals surface area contributed by atoms with Crippen LogP contribution in [0.25, 0.3) is 83.2 Å². The fourth-order valence-corrected chi connectivity index (χ4v) is 18.0. The van der Waals surface area contributed by atoms with Gasteiger partial charge in [0.2, 0.25) is 17.7 Å². The van der Waals surface area contributed by atoms with Crippen molar-refractivity contribution in [3.8, 4) is 62.0 Å². The van der Waals surface area contributed by atoms with Gasteiger partial charge in [-0.1, -0.05) is 117 Å². The zero-order chi connectivity index (χ0) is 90.2. The molecule has 125 heavy (non-hydrogen) atoms. The molecule has 12 aromatic rings. The Labute approximate surface area is 735 Å². The maximum Gasteiger partial charge on any atom is 0.355 e. The van der Waals surface area contributed by atoms with E-state index in [9.17, 15) is 43.5 Å². The van der Waals surface area contributed by atoms with Crippen molar-refractivity contribution in [2.75, 3.05) is 60.5 Å². The predicted molar refractivity (Wildman–Crippen MR) is 485 cm³/mol. The van der Waals surface area contributed by atoms with Crippen LogP contribution < -0.4 is 31.8 Å². The van der Waals surface area contributed by atoms with Crippen LogP contribution in [0.15, 0.2) is 167 Å². The zero-order valence-electron chi connectivity index (χ0n) is 71.9. The standard InChI is InChI=1S/C33H36F2N6O3.C31H29ClFN7O2.C29H31ClN6O2S/c1-8-27(43)39-15-20(7)40(16-19(39)6)31-21-12-25(35)29(28-24(34)10-9-11-26(28)42)37-32(21)41(33(44)38-31)30-22(17(2)3)13-36-14-23(30)18(4)5;1-5-25(41)39-15-14-38(17-20(39)10-12-34)29-22-16-23(32)27(21-8-6-7-9-24(21)33)36-30(22)40(31(42)37-29)28-19(4)11-13-35-26(28)18(2)3;1-7-23(37)34-14-19(6)35(15-18(34)5)27-20-13-21(30)25(26-17(4)10-12-39-26)32-28(20)36(29(38)33-27)22-9-8-11-31-24(22)16(2)3/h8-14,17-20,42H,1,15-16H2,2-7H3;5-9,11,13,16,18,20H,1,10,14-15,17H2,2-4H3;7-13,16,18-19H,1,14-15H2,2-6H3. The summed E-state index contributed by atoms with van der Waals surface area (Å²) in [5.74, 6) is -2.35. The molecule has 32 heteroatoms. The van der Waals surface area contributed by atoms with Gasteiger partial charge in [0.25, 0.3) is 0 Å². The number of benzene rings is 2.